The number of rotatable bonds is 3. The maximum Gasteiger partial charge on any atom is 0.255 e. The Morgan fingerprint density at radius 3 is 3.20 bits per heavy atom. The van der Waals surface area contributed by atoms with E-state index in [1.165, 1.54) is 4.88 Å². The number of hydrogen-bond donors (Lipinski definition) is 1. The zero-order chi connectivity index (χ0) is 10.8. The fraction of sp³-hybridized carbons (Fsp3) is 0.500. The summed E-state index contributed by atoms with van der Waals surface area (Å²) in [6, 6.07) is 1.87. The monoisotopic (exact) mass is 289 g/mol. The number of carbonyl (C=O) groups is 1. The minimum Gasteiger partial charge on any atom is -0.390 e. The van der Waals surface area contributed by atoms with Gasteiger partial charge in [0.05, 0.1) is 11.7 Å². The van der Waals surface area contributed by atoms with Gasteiger partial charge in [-0.25, -0.2) is 0 Å². The molecule has 1 unspecified atom stereocenters. The highest BCUT2D eigenvalue weighted by atomic mass is 79.9. The topological polar surface area (TPSA) is 40.5 Å². The molecule has 1 amide bonds. The van der Waals surface area contributed by atoms with Crippen LogP contribution < -0.4 is 0 Å². The average molecular weight is 290 g/mol. The van der Waals surface area contributed by atoms with E-state index in [9.17, 15) is 9.90 Å². The van der Waals surface area contributed by atoms with Crippen LogP contribution in [0.25, 0.3) is 0 Å². The maximum atomic E-state index is 11.9. The molecule has 1 N–H and O–H groups in total. The second kappa shape index (κ2) is 4.63. The molecule has 0 spiro atoms. The van der Waals surface area contributed by atoms with Crippen molar-refractivity contribution >= 4 is 33.2 Å². The first-order valence-electron chi connectivity index (χ1n) is 4.82. The van der Waals surface area contributed by atoms with Gasteiger partial charge >= 0.3 is 0 Å². The van der Waals surface area contributed by atoms with E-state index in [2.05, 4.69) is 15.9 Å². The Bertz CT molecular complexity index is 366. The Morgan fingerprint density at radius 1 is 1.67 bits per heavy atom. The van der Waals surface area contributed by atoms with E-state index < -0.39 is 6.10 Å². The number of β-amino-alcohol motifs (C(OH)–C–C–N with tert-alkyl or cyclic N) is 1. The van der Waals surface area contributed by atoms with Gasteiger partial charge in [0.25, 0.3) is 5.91 Å². The predicted molar refractivity (Wildman–Crippen MR) is 63.7 cm³/mol. The number of amides is 1. The number of halogens is 1. The van der Waals surface area contributed by atoms with Gasteiger partial charge < -0.3 is 10.0 Å². The second-order valence-corrected chi connectivity index (χ2v) is 5.21. The molecule has 0 aromatic carbocycles. The zero-order valence-electron chi connectivity index (χ0n) is 8.15. The van der Waals surface area contributed by atoms with Crippen molar-refractivity contribution in [2.24, 2.45) is 0 Å². The molecule has 3 nitrogen and oxygen atoms in total. The molecule has 0 bridgehead atoms. The van der Waals surface area contributed by atoms with Crippen LogP contribution >= 0.6 is 27.3 Å². The summed E-state index contributed by atoms with van der Waals surface area (Å²) in [5, 5.41) is 11.9. The highest BCUT2D eigenvalue weighted by Gasteiger charge is 2.26. The Balaban J connectivity index is 2.10. The molecule has 0 saturated heterocycles. The molecule has 0 radical (unpaired) electrons. The van der Waals surface area contributed by atoms with Crippen molar-refractivity contribution in [2.75, 3.05) is 18.4 Å². The molecule has 1 aliphatic heterocycles. The number of aliphatic hydroxyl groups excluding tert-OH is 1. The molecular weight excluding hydrogens is 278 g/mol. The fourth-order valence-corrected chi connectivity index (χ4v) is 2.78. The average Bonchev–Trinajstić information content (AvgIpc) is 2.70. The smallest absolute Gasteiger partial charge is 0.255 e. The quantitative estimate of drug-likeness (QED) is 0.857. The Hall–Kier alpha value is -0.390. The maximum absolute atomic E-state index is 11.9. The third kappa shape index (κ3) is 2.24. The van der Waals surface area contributed by atoms with Crippen molar-refractivity contribution in [3.8, 4) is 0 Å². The highest BCUT2D eigenvalue weighted by molar-refractivity contribution is 9.09. The SMILES string of the molecule is O=C1c2ccsc2CCN1CC(O)CBr. The van der Waals surface area contributed by atoms with Crippen molar-refractivity contribution in [2.45, 2.75) is 12.5 Å². The third-order valence-electron chi connectivity index (χ3n) is 2.48. The summed E-state index contributed by atoms with van der Waals surface area (Å²) in [5.41, 5.74) is 0.813. The number of hydrogen-bond acceptors (Lipinski definition) is 3. The normalized spacial score (nSPS) is 17.7. The van der Waals surface area contributed by atoms with Gasteiger partial charge in [0, 0.05) is 29.7 Å². The number of fused-ring (bicyclic) bond motifs is 1. The molecule has 0 saturated carbocycles. The lowest BCUT2D eigenvalue weighted by Gasteiger charge is -2.28. The van der Waals surface area contributed by atoms with E-state index in [1.54, 1.807) is 16.2 Å². The van der Waals surface area contributed by atoms with E-state index >= 15 is 0 Å². The Morgan fingerprint density at radius 2 is 2.47 bits per heavy atom. The zero-order valence-corrected chi connectivity index (χ0v) is 10.6. The summed E-state index contributed by atoms with van der Waals surface area (Å²) in [4.78, 5) is 14.8. The molecule has 0 aliphatic carbocycles. The number of alkyl halides is 1. The van der Waals surface area contributed by atoms with Gasteiger partial charge in [-0.3, -0.25) is 4.79 Å². The van der Waals surface area contributed by atoms with Crippen LogP contribution in [0.15, 0.2) is 11.4 Å². The van der Waals surface area contributed by atoms with E-state index in [0.717, 1.165) is 18.5 Å². The van der Waals surface area contributed by atoms with Crippen LogP contribution in [0.2, 0.25) is 0 Å². The fourth-order valence-electron chi connectivity index (χ4n) is 1.71. The third-order valence-corrected chi connectivity index (χ3v) is 4.21. The van der Waals surface area contributed by atoms with Gasteiger partial charge in [0.1, 0.15) is 0 Å². The summed E-state index contributed by atoms with van der Waals surface area (Å²) in [6.07, 6.45) is 0.433. The number of carbonyl (C=O) groups excluding carboxylic acids is 1. The summed E-state index contributed by atoms with van der Waals surface area (Å²) < 4.78 is 0. The van der Waals surface area contributed by atoms with Crippen LogP contribution in [-0.2, 0) is 6.42 Å². The first kappa shape index (κ1) is 11.1. The van der Waals surface area contributed by atoms with E-state index in [4.69, 9.17) is 0 Å². The number of aliphatic hydroxyl groups is 1. The summed E-state index contributed by atoms with van der Waals surface area (Å²) in [7, 11) is 0. The van der Waals surface area contributed by atoms with Gasteiger partial charge in [-0.05, 0) is 11.4 Å². The van der Waals surface area contributed by atoms with Crippen LogP contribution in [0.3, 0.4) is 0 Å². The van der Waals surface area contributed by atoms with Crippen molar-refractivity contribution in [1.82, 2.24) is 4.90 Å². The van der Waals surface area contributed by atoms with Gasteiger partial charge in [0.2, 0.25) is 0 Å². The largest absolute Gasteiger partial charge is 0.390 e. The first-order chi connectivity index (χ1) is 7.22. The molecule has 82 valence electrons. The van der Waals surface area contributed by atoms with Crippen molar-refractivity contribution in [3.05, 3.63) is 21.9 Å². The molecular formula is C10H12BrNO2S. The van der Waals surface area contributed by atoms with Crippen LogP contribution in [-0.4, -0.2) is 40.4 Å². The van der Waals surface area contributed by atoms with Gasteiger partial charge in [0.15, 0.2) is 0 Å². The van der Waals surface area contributed by atoms with Crippen molar-refractivity contribution in [1.29, 1.82) is 0 Å². The Kier molecular flexibility index (Phi) is 3.43. The first-order valence-corrected chi connectivity index (χ1v) is 6.82. The molecule has 1 atom stereocenters. The predicted octanol–water partition coefficient (Wildman–Crippen LogP) is 1.50. The van der Waals surface area contributed by atoms with Crippen LogP contribution in [0.4, 0.5) is 0 Å². The molecule has 2 rings (SSSR count). The molecule has 5 heteroatoms. The van der Waals surface area contributed by atoms with Gasteiger partial charge in [-0.1, -0.05) is 15.9 Å². The minimum absolute atomic E-state index is 0.0532. The second-order valence-electron chi connectivity index (χ2n) is 3.57. The van der Waals surface area contributed by atoms with E-state index in [-0.39, 0.29) is 5.91 Å². The summed E-state index contributed by atoms with van der Waals surface area (Å²) >= 11 is 4.84. The highest BCUT2D eigenvalue weighted by Crippen LogP contribution is 2.24. The van der Waals surface area contributed by atoms with Gasteiger partial charge in [-0.2, -0.15) is 0 Å². The van der Waals surface area contributed by atoms with Crippen LogP contribution in [0, 0.1) is 0 Å². The molecule has 1 aromatic rings. The molecule has 2 heterocycles. The number of thiophene rings is 1. The van der Waals surface area contributed by atoms with Gasteiger partial charge in [-0.15, -0.1) is 11.3 Å². The lowest BCUT2D eigenvalue weighted by molar-refractivity contribution is 0.0639. The van der Waals surface area contributed by atoms with E-state index in [1.807, 2.05) is 11.4 Å². The standard InChI is InChI=1S/C10H12BrNO2S/c11-5-7(13)6-12-3-1-9-8(10(12)14)2-4-15-9/h2,4,7,13H,1,3,5-6H2. The van der Waals surface area contributed by atoms with Crippen molar-refractivity contribution < 1.29 is 9.90 Å². The van der Waals surface area contributed by atoms with E-state index in [0.29, 0.717) is 11.9 Å². The van der Waals surface area contributed by atoms with Crippen molar-refractivity contribution in [3.63, 3.8) is 0 Å². The number of nitrogens with zero attached hydrogens (tertiary/aromatic N) is 1. The van der Waals surface area contributed by atoms with Crippen LogP contribution in [0.1, 0.15) is 15.2 Å². The summed E-state index contributed by atoms with van der Waals surface area (Å²) in [6.45, 7) is 1.13. The minimum atomic E-state index is -0.478. The molecule has 15 heavy (non-hydrogen) atoms. The lowest BCUT2D eigenvalue weighted by Crippen LogP contribution is -2.42. The Labute approximate surface area is 101 Å². The molecule has 1 aromatic heterocycles. The molecule has 1 aliphatic rings. The molecule has 0 fully saturated rings. The lowest BCUT2D eigenvalue weighted by atomic mass is 10.1. The summed E-state index contributed by atoms with van der Waals surface area (Å²) in [5.74, 6) is 0.0532. The van der Waals surface area contributed by atoms with Crippen LogP contribution in [0.5, 0.6) is 0 Å².